The molecule has 0 spiro atoms. The van der Waals surface area contributed by atoms with Crippen LogP contribution in [0, 0.1) is 0 Å². The molecule has 0 rings (SSSR count). The van der Waals surface area contributed by atoms with Crippen LogP contribution in [0.2, 0.25) is 0 Å². The summed E-state index contributed by atoms with van der Waals surface area (Å²) >= 11 is 1.39. The molecule has 0 bridgehead atoms. The number of carboxylic acid groups (broad SMARTS) is 1. The van der Waals surface area contributed by atoms with Crippen LogP contribution in [0.1, 0.15) is 20.3 Å². The fourth-order valence-corrected chi connectivity index (χ4v) is 1.02. The minimum absolute atomic E-state index is 0.201. The van der Waals surface area contributed by atoms with Gasteiger partial charge in [0.1, 0.15) is 6.04 Å². The predicted molar refractivity (Wildman–Crippen MR) is 52.8 cm³/mol. The molecule has 2 atom stereocenters. The SMILES string of the molecule is CCC(NC(=O)C(C)SC)C(=O)O. The van der Waals surface area contributed by atoms with Crippen molar-refractivity contribution in [3.63, 3.8) is 0 Å². The van der Waals surface area contributed by atoms with Crippen LogP contribution >= 0.6 is 11.8 Å². The second kappa shape index (κ2) is 5.85. The normalized spacial score (nSPS) is 14.7. The van der Waals surface area contributed by atoms with E-state index < -0.39 is 12.0 Å². The molecule has 0 fully saturated rings. The molecule has 5 heteroatoms. The molecular weight excluding hydrogens is 190 g/mol. The van der Waals surface area contributed by atoms with Gasteiger partial charge in [0, 0.05) is 0 Å². The fourth-order valence-electron chi connectivity index (χ4n) is 0.735. The zero-order valence-corrected chi connectivity index (χ0v) is 8.85. The van der Waals surface area contributed by atoms with E-state index in [-0.39, 0.29) is 11.2 Å². The number of carboxylic acids is 1. The molecule has 0 heterocycles. The van der Waals surface area contributed by atoms with Crippen LogP contribution in [0.3, 0.4) is 0 Å². The standard InChI is InChI=1S/C8H15NO3S/c1-4-6(8(11)12)9-7(10)5(2)13-3/h5-6H,4H2,1-3H3,(H,9,10)(H,11,12). The third kappa shape index (κ3) is 4.17. The minimum Gasteiger partial charge on any atom is -0.480 e. The van der Waals surface area contributed by atoms with Gasteiger partial charge in [-0.05, 0) is 19.6 Å². The lowest BCUT2D eigenvalue weighted by Crippen LogP contribution is -2.43. The van der Waals surface area contributed by atoms with Crippen LogP contribution < -0.4 is 5.32 Å². The van der Waals surface area contributed by atoms with Gasteiger partial charge in [-0.3, -0.25) is 4.79 Å². The lowest BCUT2D eigenvalue weighted by Gasteiger charge is -2.14. The summed E-state index contributed by atoms with van der Waals surface area (Å²) in [5.41, 5.74) is 0. The van der Waals surface area contributed by atoms with Gasteiger partial charge < -0.3 is 10.4 Å². The minimum atomic E-state index is -0.982. The van der Waals surface area contributed by atoms with Crippen molar-refractivity contribution < 1.29 is 14.7 Å². The van der Waals surface area contributed by atoms with Crippen molar-refractivity contribution in [3.8, 4) is 0 Å². The smallest absolute Gasteiger partial charge is 0.326 e. The maximum atomic E-state index is 11.3. The van der Waals surface area contributed by atoms with E-state index in [9.17, 15) is 9.59 Å². The Kier molecular flexibility index (Phi) is 5.53. The van der Waals surface area contributed by atoms with Gasteiger partial charge in [-0.2, -0.15) is 11.8 Å². The van der Waals surface area contributed by atoms with Gasteiger partial charge in [-0.15, -0.1) is 0 Å². The summed E-state index contributed by atoms with van der Waals surface area (Å²) in [5.74, 6) is -1.20. The number of carbonyl (C=O) groups excluding carboxylic acids is 1. The van der Waals surface area contributed by atoms with E-state index in [1.54, 1.807) is 13.8 Å². The van der Waals surface area contributed by atoms with E-state index in [0.29, 0.717) is 6.42 Å². The summed E-state index contributed by atoms with van der Waals surface area (Å²) in [6.07, 6.45) is 2.22. The molecule has 0 saturated heterocycles. The number of hydrogen-bond acceptors (Lipinski definition) is 3. The van der Waals surface area contributed by atoms with Crippen LogP contribution in [0.15, 0.2) is 0 Å². The van der Waals surface area contributed by atoms with E-state index in [4.69, 9.17) is 5.11 Å². The second-order valence-electron chi connectivity index (χ2n) is 2.69. The summed E-state index contributed by atoms with van der Waals surface area (Å²) in [6, 6.07) is -0.762. The van der Waals surface area contributed by atoms with E-state index in [1.807, 2.05) is 6.26 Å². The Bertz CT molecular complexity index is 196. The lowest BCUT2D eigenvalue weighted by molar-refractivity contribution is -0.141. The number of carbonyl (C=O) groups is 2. The molecule has 0 aliphatic rings. The number of rotatable bonds is 5. The Morgan fingerprint density at radius 3 is 2.38 bits per heavy atom. The van der Waals surface area contributed by atoms with Crippen LogP contribution in [0.25, 0.3) is 0 Å². The van der Waals surface area contributed by atoms with Crippen molar-refractivity contribution in [3.05, 3.63) is 0 Å². The van der Waals surface area contributed by atoms with Gasteiger partial charge in [-0.25, -0.2) is 4.79 Å². The molecule has 0 aromatic carbocycles. The van der Waals surface area contributed by atoms with E-state index >= 15 is 0 Å². The van der Waals surface area contributed by atoms with Crippen molar-refractivity contribution in [2.45, 2.75) is 31.6 Å². The van der Waals surface area contributed by atoms with Crippen molar-refractivity contribution in [2.24, 2.45) is 0 Å². The number of amides is 1. The Morgan fingerprint density at radius 1 is 1.54 bits per heavy atom. The van der Waals surface area contributed by atoms with Gasteiger partial charge in [0.15, 0.2) is 0 Å². The summed E-state index contributed by atoms with van der Waals surface area (Å²) in [4.78, 5) is 21.8. The lowest BCUT2D eigenvalue weighted by atomic mass is 10.2. The zero-order chi connectivity index (χ0) is 10.4. The highest BCUT2D eigenvalue weighted by Crippen LogP contribution is 2.05. The number of hydrogen-bond donors (Lipinski definition) is 2. The summed E-state index contributed by atoms with van der Waals surface area (Å²) in [5, 5.41) is 10.9. The van der Waals surface area contributed by atoms with Gasteiger partial charge in [-0.1, -0.05) is 6.92 Å². The molecule has 4 nitrogen and oxygen atoms in total. The Morgan fingerprint density at radius 2 is 2.08 bits per heavy atom. The molecule has 2 unspecified atom stereocenters. The maximum Gasteiger partial charge on any atom is 0.326 e. The summed E-state index contributed by atoms with van der Waals surface area (Å²) < 4.78 is 0. The Balaban J connectivity index is 4.09. The third-order valence-corrected chi connectivity index (χ3v) is 2.67. The van der Waals surface area contributed by atoms with Crippen molar-refractivity contribution in [1.82, 2.24) is 5.32 Å². The van der Waals surface area contributed by atoms with E-state index in [0.717, 1.165) is 0 Å². The average Bonchev–Trinajstić information content (AvgIpc) is 2.11. The van der Waals surface area contributed by atoms with Gasteiger partial charge in [0.25, 0.3) is 0 Å². The topological polar surface area (TPSA) is 66.4 Å². The van der Waals surface area contributed by atoms with Crippen molar-refractivity contribution >= 4 is 23.6 Å². The Hall–Kier alpha value is -0.710. The van der Waals surface area contributed by atoms with E-state index in [1.165, 1.54) is 11.8 Å². The quantitative estimate of drug-likeness (QED) is 0.694. The molecule has 1 amide bonds. The molecule has 0 aromatic rings. The average molecular weight is 205 g/mol. The first-order valence-electron chi connectivity index (χ1n) is 4.08. The monoisotopic (exact) mass is 205 g/mol. The molecule has 0 radical (unpaired) electrons. The number of aliphatic carboxylic acids is 1. The number of nitrogens with one attached hydrogen (secondary N) is 1. The largest absolute Gasteiger partial charge is 0.480 e. The van der Waals surface area contributed by atoms with Gasteiger partial charge in [0.05, 0.1) is 5.25 Å². The number of thioether (sulfide) groups is 1. The third-order valence-electron chi connectivity index (χ3n) is 1.75. The first kappa shape index (κ1) is 12.3. The van der Waals surface area contributed by atoms with Gasteiger partial charge in [0.2, 0.25) is 5.91 Å². The van der Waals surface area contributed by atoms with Crippen LogP contribution in [0.5, 0.6) is 0 Å². The van der Waals surface area contributed by atoms with Gasteiger partial charge >= 0.3 is 5.97 Å². The fraction of sp³-hybridized carbons (Fsp3) is 0.750. The van der Waals surface area contributed by atoms with Crippen LogP contribution in [-0.2, 0) is 9.59 Å². The van der Waals surface area contributed by atoms with Crippen LogP contribution in [-0.4, -0.2) is 34.5 Å². The molecule has 0 aliphatic heterocycles. The summed E-state index contributed by atoms with van der Waals surface area (Å²) in [6.45, 7) is 3.47. The molecule has 2 N–H and O–H groups in total. The zero-order valence-electron chi connectivity index (χ0n) is 8.03. The molecule has 0 saturated carbocycles. The highest BCUT2D eigenvalue weighted by molar-refractivity contribution is 7.99. The highest BCUT2D eigenvalue weighted by Gasteiger charge is 2.20. The van der Waals surface area contributed by atoms with Crippen molar-refractivity contribution in [1.29, 1.82) is 0 Å². The molecular formula is C8H15NO3S. The predicted octanol–water partition coefficient (Wildman–Crippen LogP) is 0.717. The summed E-state index contributed by atoms with van der Waals surface area (Å²) in [7, 11) is 0. The molecule has 0 aromatic heterocycles. The maximum absolute atomic E-state index is 11.3. The van der Waals surface area contributed by atoms with Crippen LogP contribution in [0.4, 0.5) is 0 Å². The second-order valence-corrected chi connectivity index (χ2v) is 3.86. The molecule has 76 valence electrons. The first-order valence-corrected chi connectivity index (χ1v) is 5.37. The highest BCUT2D eigenvalue weighted by atomic mass is 32.2. The Labute approximate surface area is 82.1 Å². The van der Waals surface area contributed by atoms with E-state index in [2.05, 4.69) is 5.32 Å². The first-order chi connectivity index (χ1) is 6.02. The molecule has 13 heavy (non-hydrogen) atoms. The molecule has 0 aliphatic carbocycles. The van der Waals surface area contributed by atoms with Crippen molar-refractivity contribution in [2.75, 3.05) is 6.26 Å².